The fourth-order valence-electron chi connectivity index (χ4n) is 3.69. The number of aromatic nitrogens is 4. The molecule has 10 heteroatoms. The molecular weight excluding hydrogens is 378 g/mol. The second-order valence-electron chi connectivity index (χ2n) is 6.80. The van der Waals surface area contributed by atoms with Crippen LogP contribution in [0.25, 0.3) is 5.70 Å². The second-order valence-corrected chi connectivity index (χ2v) is 6.80. The average Bonchev–Trinajstić information content (AvgIpc) is 3.31. The van der Waals surface area contributed by atoms with Crippen molar-refractivity contribution >= 4 is 11.6 Å². The summed E-state index contributed by atoms with van der Waals surface area (Å²) in [6.07, 6.45) is 3.27. The number of halogens is 4. The van der Waals surface area contributed by atoms with Gasteiger partial charge in [0.25, 0.3) is 5.91 Å². The topological polar surface area (TPSA) is 64.7 Å². The van der Waals surface area contributed by atoms with Crippen molar-refractivity contribution < 1.29 is 22.4 Å². The van der Waals surface area contributed by atoms with Crippen LogP contribution in [0.15, 0.2) is 30.5 Å². The summed E-state index contributed by atoms with van der Waals surface area (Å²) in [4.78, 5) is 16.1. The maximum atomic E-state index is 14.1. The van der Waals surface area contributed by atoms with Gasteiger partial charge in [0.05, 0.1) is 24.3 Å². The van der Waals surface area contributed by atoms with Crippen LogP contribution < -0.4 is 5.32 Å². The lowest BCUT2D eigenvalue weighted by molar-refractivity contribution is -0.143. The molecule has 2 aliphatic carbocycles. The molecule has 0 fully saturated rings. The number of carbonyl (C=O) groups excluding carboxylic acids is 1. The first-order valence-electron chi connectivity index (χ1n) is 8.79. The third kappa shape index (κ3) is 3.02. The third-order valence-electron chi connectivity index (χ3n) is 4.98. The third-order valence-corrected chi connectivity index (χ3v) is 4.98. The first-order chi connectivity index (χ1) is 13.3. The van der Waals surface area contributed by atoms with Crippen molar-refractivity contribution in [2.24, 2.45) is 7.05 Å². The second kappa shape index (κ2) is 6.61. The summed E-state index contributed by atoms with van der Waals surface area (Å²) in [5.74, 6) is -1.16. The summed E-state index contributed by atoms with van der Waals surface area (Å²) in [7, 11) is 1.18. The van der Waals surface area contributed by atoms with Gasteiger partial charge in [0.15, 0.2) is 11.4 Å². The predicted octanol–water partition coefficient (Wildman–Crippen LogP) is 3.54. The number of amides is 1. The van der Waals surface area contributed by atoms with Crippen LogP contribution in [-0.2, 0) is 19.6 Å². The van der Waals surface area contributed by atoms with Crippen LogP contribution in [0, 0.1) is 0 Å². The number of alkyl halides is 3. The van der Waals surface area contributed by atoms with E-state index in [1.165, 1.54) is 17.9 Å². The zero-order valence-corrected chi connectivity index (χ0v) is 14.9. The van der Waals surface area contributed by atoms with Gasteiger partial charge >= 0.3 is 6.18 Å². The molecule has 2 aromatic rings. The summed E-state index contributed by atoms with van der Waals surface area (Å²) in [6, 6.07) is -0.504. The minimum absolute atomic E-state index is 0.260. The van der Waals surface area contributed by atoms with E-state index in [-0.39, 0.29) is 5.83 Å². The fraction of sp³-hybridized carbons (Fsp3) is 0.389. The molecule has 1 unspecified atom stereocenters. The smallest absolute Gasteiger partial charge is 0.344 e. The van der Waals surface area contributed by atoms with Gasteiger partial charge in [-0.2, -0.15) is 18.3 Å². The molecule has 4 rings (SSSR count). The molecule has 0 aliphatic heterocycles. The molecule has 2 heterocycles. The summed E-state index contributed by atoms with van der Waals surface area (Å²) in [6.45, 7) is 0. The van der Waals surface area contributed by atoms with Crippen molar-refractivity contribution in [2.75, 3.05) is 0 Å². The Kier molecular flexibility index (Phi) is 4.35. The zero-order chi connectivity index (χ0) is 20.1. The Hall–Kier alpha value is -2.91. The lowest BCUT2D eigenvalue weighted by atomic mass is 10.1. The molecule has 148 valence electrons. The number of rotatable bonds is 3. The first-order valence-corrected chi connectivity index (χ1v) is 8.79. The van der Waals surface area contributed by atoms with Crippen molar-refractivity contribution in [3.05, 3.63) is 53.1 Å². The monoisotopic (exact) mass is 395 g/mol. The highest BCUT2D eigenvalue weighted by molar-refractivity contribution is 5.94. The van der Waals surface area contributed by atoms with E-state index in [9.17, 15) is 22.4 Å². The minimum Gasteiger partial charge on any atom is -0.344 e. The Bertz CT molecular complexity index is 998. The maximum Gasteiger partial charge on any atom is 0.433 e. The molecule has 28 heavy (non-hydrogen) atoms. The maximum absolute atomic E-state index is 14.1. The first kappa shape index (κ1) is 18.5. The zero-order valence-electron chi connectivity index (χ0n) is 14.9. The van der Waals surface area contributed by atoms with Gasteiger partial charge in [-0.1, -0.05) is 6.08 Å². The number of hydrogen-bond acceptors (Lipinski definition) is 3. The van der Waals surface area contributed by atoms with Crippen molar-refractivity contribution in [3.8, 4) is 0 Å². The van der Waals surface area contributed by atoms with Crippen molar-refractivity contribution in [1.29, 1.82) is 0 Å². The molecule has 0 saturated heterocycles. The molecule has 0 aromatic carbocycles. The minimum atomic E-state index is -4.69. The van der Waals surface area contributed by atoms with Crippen LogP contribution >= 0.6 is 0 Å². The van der Waals surface area contributed by atoms with E-state index in [1.807, 2.05) is 6.08 Å². The normalized spacial score (nSPS) is 19.2. The molecule has 1 N–H and O–H groups in total. The van der Waals surface area contributed by atoms with E-state index < -0.39 is 29.5 Å². The number of imidazole rings is 1. The summed E-state index contributed by atoms with van der Waals surface area (Å²) in [5.41, 5.74) is 0.0260. The van der Waals surface area contributed by atoms with Crippen LogP contribution in [0.5, 0.6) is 0 Å². The van der Waals surface area contributed by atoms with Gasteiger partial charge < -0.3 is 9.88 Å². The molecule has 0 spiro atoms. The Morgan fingerprint density at radius 3 is 2.82 bits per heavy atom. The van der Waals surface area contributed by atoms with Crippen LogP contribution in [-0.4, -0.2) is 25.2 Å². The van der Waals surface area contributed by atoms with Gasteiger partial charge in [-0.05, 0) is 25.3 Å². The highest BCUT2D eigenvalue weighted by Crippen LogP contribution is 2.36. The van der Waals surface area contributed by atoms with Gasteiger partial charge in [-0.3, -0.25) is 4.79 Å². The van der Waals surface area contributed by atoms with Gasteiger partial charge in [0.2, 0.25) is 0 Å². The largest absolute Gasteiger partial charge is 0.433 e. The molecule has 0 radical (unpaired) electrons. The fourth-order valence-corrected chi connectivity index (χ4v) is 3.69. The molecule has 2 aromatic heterocycles. The Morgan fingerprint density at radius 2 is 2.11 bits per heavy atom. The van der Waals surface area contributed by atoms with E-state index in [0.29, 0.717) is 36.9 Å². The highest BCUT2D eigenvalue weighted by atomic mass is 19.4. The van der Waals surface area contributed by atoms with Crippen molar-refractivity contribution in [2.45, 2.75) is 37.9 Å². The number of allylic oxidation sites excluding steroid dienone is 4. The van der Waals surface area contributed by atoms with Crippen LogP contribution in [0.1, 0.15) is 52.7 Å². The predicted molar refractivity (Wildman–Crippen MR) is 91.7 cm³/mol. The van der Waals surface area contributed by atoms with Crippen molar-refractivity contribution in [1.82, 2.24) is 24.6 Å². The van der Waals surface area contributed by atoms with E-state index >= 15 is 0 Å². The number of hydrogen-bond donors (Lipinski definition) is 1. The molecule has 0 bridgehead atoms. The van der Waals surface area contributed by atoms with Crippen LogP contribution in [0.2, 0.25) is 0 Å². The average molecular weight is 395 g/mol. The summed E-state index contributed by atoms with van der Waals surface area (Å²) >= 11 is 0. The number of fused-ring (bicyclic) bond motifs is 1. The lowest BCUT2D eigenvalue weighted by Crippen LogP contribution is -2.29. The van der Waals surface area contributed by atoms with E-state index in [4.69, 9.17) is 0 Å². The summed E-state index contributed by atoms with van der Waals surface area (Å²) < 4.78 is 56.0. The Balaban J connectivity index is 1.59. The summed E-state index contributed by atoms with van der Waals surface area (Å²) in [5, 5.41) is 6.83. The van der Waals surface area contributed by atoms with Gasteiger partial charge in [-0.25, -0.2) is 14.1 Å². The van der Waals surface area contributed by atoms with Crippen molar-refractivity contribution in [3.63, 3.8) is 0 Å². The van der Waals surface area contributed by atoms with Gasteiger partial charge in [0.1, 0.15) is 5.83 Å². The van der Waals surface area contributed by atoms with Gasteiger partial charge in [-0.15, -0.1) is 0 Å². The lowest BCUT2D eigenvalue weighted by Gasteiger charge is -2.14. The van der Waals surface area contributed by atoms with E-state index in [1.54, 1.807) is 6.08 Å². The standard InChI is InChI=1S/C18H17F4N5O/c1-26-9-23-15(16(26)18(20,21)22)17(28)25-12-6-7-13-10(12)8-24-27(13)14-5-3-2-4-11(14)19/h3,5,8-9,12H,2,4,6-7H2,1H3,(H,25,28). The highest BCUT2D eigenvalue weighted by Gasteiger charge is 2.40. The number of nitrogens with zero attached hydrogens (tertiary/aromatic N) is 4. The van der Waals surface area contributed by atoms with E-state index in [2.05, 4.69) is 15.4 Å². The van der Waals surface area contributed by atoms with E-state index in [0.717, 1.165) is 16.6 Å². The molecule has 1 atom stereocenters. The number of carbonyl (C=O) groups is 1. The SMILES string of the molecule is Cn1cnc(C(=O)NC2CCc3c2cnn3C2=C(F)CCC=C2)c1C(F)(F)F. The molecular formula is C18H17F4N5O. The Labute approximate surface area is 157 Å². The molecule has 0 saturated carbocycles. The molecule has 2 aliphatic rings. The number of nitrogens with one attached hydrogen (secondary N) is 1. The van der Waals surface area contributed by atoms with Gasteiger partial charge in [0, 0.05) is 24.7 Å². The van der Waals surface area contributed by atoms with Crippen LogP contribution in [0.3, 0.4) is 0 Å². The molecule has 1 amide bonds. The molecule has 6 nitrogen and oxygen atoms in total. The quantitative estimate of drug-likeness (QED) is 0.809. The Morgan fingerprint density at radius 1 is 1.32 bits per heavy atom. The number of aryl methyl sites for hydroxylation is 1. The van der Waals surface area contributed by atoms with Crippen LogP contribution in [0.4, 0.5) is 17.6 Å².